The lowest BCUT2D eigenvalue weighted by atomic mass is 9.97. The molecule has 0 saturated carbocycles. The smallest absolute Gasteiger partial charge is 0.191 e. The first-order chi connectivity index (χ1) is 13.1. The summed E-state index contributed by atoms with van der Waals surface area (Å²) >= 11 is 3.61. The van der Waals surface area contributed by atoms with Gasteiger partial charge in [-0.15, -0.1) is 46.7 Å². The number of rotatable bonds is 7. The minimum atomic E-state index is 0. The molecule has 0 atom stereocenters. The quantitative estimate of drug-likeness (QED) is 0.315. The van der Waals surface area contributed by atoms with Crippen molar-refractivity contribution in [2.75, 3.05) is 26.2 Å². The van der Waals surface area contributed by atoms with Crippen molar-refractivity contribution in [1.29, 1.82) is 0 Å². The highest BCUT2D eigenvalue weighted by molar-refractivity contribution is 14.0. The lowest BCUT2D eigenvalue weighted by Crippen LogP contribution is -2.42. The molecule has 1 fully saturated rings. The molecule has 156 valence electrons. The Morgan fingerprint density at radius 2 is 2.07 bits per heavy atom. The molecule has 0 aromatic carbocycles. The molecular weight excluding hydrogens is 501 g/mol. The Bertz CT molecular complexity index is 721. The van der Waals surface area contributed by atoms with Crippen LogP contribution in [0.2, 0.25) is 0 Å². The molecule has 1 aliphatic rings. The molecule has 1 aliphatic heterocycles. The van der Waals surface area contributed by atoms with Gasteiger partial charge in [-0.25, -0.2) is 9.98 Å². The molecule has 0 unspecified atom stereocenters. The second-order valence-corrected chi connectivity index (χ2v) is 9.44. The molecule has 2 N–H and O–H groups in total. The van der Waals surface area contributed by atoms with Gasteiger partial charge in [0.1, 0.15) is 0 Å². The molecule has 0 aliphatic carbocycles. The minimum absolute atomic E-state index is 0. The number of nitrogens with one attached hydrogen (secondary N) is 2. The van der Waals surface area contributed by atoms with Crippen LogP contribution in [-0.4, -0.2) is 42.0 Å². The number of nitrogens with zero attached hydrogens (tertiary/aromatic N) is 3. The highest BCUT2D eigenvalue weighted by Gasteiger charge is 2.19. The van der Waals surface area contributed by atoms with Crippen molar-refractivity contribution < 1.29 is 0 Å². The summed E-state index contributed by atoms with van der Waals surface area (Å²) in [5.41, 5.74) is 1.11. The van der Waals surface area contributed by atoms with Crippen LogP contribution in [0.3, 0.4) is 0 Å². The van der Waals surface area contributed by atoms with E-state index in [2.05, 4.69) is 58.8 Å². The summed E-state index contributed by atoms with van der Waals surface area (Å²) in [7, 11) is 0. The van der Waals surface area contributed by atoms with Gasteiger partial charge >= 0.3 is 0 Å². The fraction of sp³-hybridized carbons (Fsp3) is 0.600. The first-order valence-electron chi connectivity index (χ1n) is 9.84. The van der Waals surface area contributed by atoms with E-state index in [-0.39, 0.29) is 24.0 Å². The fourth-order valence-corrected chi connectivity index (χ4v) is 5.03. The third-order valence-electron chi connectivity index (χ3n) is 4.95. The Morgan fingerprint density at radius 1 is 1.29 bits per heavy atom. The SMILES string of the molecule is CCNC(=NCc1sc(C)nc1C)NCC1CCN(Cc2cccs2)CC1.I. The van der Waals surface area contributed by atoms with Gasteiger partial charge in [-0.3, -0.25) is 4.90 Å². The van der Waals surface area contributed by atoms with E-state index in [1.807, 2.05) is 11.3 Å². The molecule has 0 radical (unpaired) electrons. The van der Waals surface area contributed by atoms with Gasteiger partial charge < -0.3 is 10.6 Å². The van der Waals surface area contributed by atoms with Crippen molar-refractivity contribution in [3.05, 3.63) is 38.0 Å². The molecule has 8 heteroatoms. The average Bonchev–Trinajstić information content (AvgIpc) is 3.28. The lowest BCUT2D eigenvalue weighted by molar-refractivity contribution is 0.179. The molecule has 0 amide bonds. The van der Waals surface area contributed by atoms with Gasteiger partial charge in [-0.1, -0.05) is 6.07 Å². The van der Waals surface area contributed by atoms with Crippen LogP contribution >= 0.6 is 46.7 Å². The zero-order valence-electron chi connectivity index (χ0n) is 17.0. The normalized spacial score (nSPS) is 16.0. The fourth-order valence-electron chi connectivity index (χ4n) is 3.43. The summed E-state index contributed by atoms with van der Waals surface area (Å²) in [4.78, 5) is 14.6. The highest BCUT2D eigenvalue weighted by atomic mass is 127. The first-order valence-corrected chi connectivity index (χ1v) is 11.5. The Labute approximate surface area is 194 Å². The molecule has 2 aromatic heterocycles. The topological polar surface area (TPSA) is 52.6 Å². The number of aliphatic imine (C=N–C) groups is 1. The number of thiazole rings is 1. The van der Waals surface area contributed by atoms with Crippen LogP contribution in [0, 0.1) is 19.8 Å². The maximum Gasteiger partial charge on any atom is 0.191 e. The van der Waals surface area contributed by atoms with E-state index >= 15 is 0 Å². The maximum absolute atomic E-state index is 4.76. The molecule has 28 heavy (non-hydrogen) atoms. The van der Waals surface area contributed by atoms with E-state index in [1.165, 1.54) is 35.7 Å². The van der Waals surface area contributed by atoms with Crippen molar-refractivity contribution in [2.45, 2.75) is 46.7 Å². The van der Waals surface area contributed by atoms with E-state index in [0.29, 0.717) is 6.54 Å². The summed E-state index contributed by atoms with van der Waals surface area (Å²) in [6, 6.07) is 4.39. The van der Waals surface area contributed by atoms with Gasteiger partial charge in [0.25, 0.3) is 0 Å². The molecule has 0 spiro atoms. The van der Waals surface area contributed by atoms with Gasteiger partial charge in [-0.2, -0.15) is 0 Å². The van der Waals surface area contributed by atoms with Gasteiger partial charge in [0, 0.05) is 29.4 Å². The Hall–Kier alpha value is -0.710. The highest BCUT2D eigenvalue weighted by Crippen LogP contribution is 2.20. The number of thiophene rings is 1. The largest absolute Gasteiger partial charge is 0.357 e. The number of hydrogen-bond donors (Lipinski definition) is 2. The van der Waals surface area contributed by atoms with Crippen LogP contribution in [0.4, 0.5) is 0 Å². The molecule has 1 saturated heterocycles. The van der Waals surface area contributed by atoms with E-state index < -0.39 is 0 Å². The van der Waals surface area contributed by atoms with E-state index in [9.17, 15) is 0 Å². The summed E-state index contributed by atoms with van der Waals surface area (Å²) in [5.74, 6) is 1.64. The summed E-state index contributed by atoms with van der Waals surface area (Å²) in [6.07, 6.45) is 2.51. The Balaban J connectivity index is 0.00000280. The molecular formula is C20H32IN5S2. The number of aryl methyl sites for hydroxylation is 2. The van der Waals surface area contributed by atoms with Crippen molar-refractivity contribution >= 4 is 52.6 Å². The zero-order chi connectivity index (χ0) is 19.1. The second-order valence-electron chi connectivity index (χ2n) is 7.12. The predicted octanol–water partition coefficient (Wildman–Crippen LogP) is 4.41. The second kappa shape index (κ2) is 12.1. The summed E-state index contributed by atoms with van der Waals surface area (Å²) in [5, 5.41) is 10.2. The monoisotopic (exact) mass is 533 g/mol. The number of piperidine rings is 1. The Kier molecular flexibility index (Phi) is 10.2. The maximum atomic E-state index is 4.76. The number of halogens is 1. The van der Waals surface area contributed by atoms with E-state index in [4.69, 9.17) is 4.99 Å². The molecule has 2 aromatic rings. The van der Waals surface area contributed by atoms with Crippen molar-refractivity contribution in [1.82, 2.24) is 20.5 Å². The van der Waals surface area contributed by atoms with Crippen molar-refractivity contribution in [2.24, 2.45) is 10.9 Å². The minimum Gasteiger partial charge on any atom is -0.357 e. The van der Waals surface area contributed by atoms with Crippen LogP contribution in [0.5, 0.6) is 0 Å². The number of likely N-dealkylation sites (tertiary alicyclic amines) is 1. The van der Waals surface area contributed by atoms with E-state index in [1.54, 1.807) is 11.3 Å². The zero-order valence-corrected chi connectivity index (χ0v) is 21.0. The van der Waals surface area contributed by atoms with Gasteiger partial charge in [0.05, 0.1) is 17.2 Å². The number of hydrogen-bond acceptors (Lipinski definition) is 5. The van der Waals surface area contributed by atoms with E-state index in [0.717, 1.165) is 42.2 Å². The van der Waals surface area contributed by atoms with Crippen LogP contribution in [0.1, 0.15) is 40.2 Å². The lowest BCUT2D eigenvalue weighted by Gasteiger charge is -2.32. The third-order valence-corrected chi connectivity index (χ3v) is 6.87. The summed E-state index contributed by atoms with van der Waals surface area (Å²) < 4.78 is 0. The van der Waals surface area contributed by atoms with Gasteiger partial charge in [0.2, 0.25) is 0 Å². The van der Waals surface area contributed by atoms with Crippen LogP contribution in [0.25, 0.3) is 0 Å². The van der Waals surface area contributed by atoms with Crippen molar-refractivity contribution in [3.63, 3.8) is 0 Å². The molecule has 3 rings (SSSR count). The third kappa shape index (κ3) is 7.27. The average molecular weight is 534 g/mol. The standard InChI is InChI=1S/C20H31N5S2.HI/c1-4-21-20(23-13-19-15(2)24-16(3)27-19)22-12-17-7-9-25(10-8-17)14-18-6-5-11-26-18;/h5-6,11,17H,4,7-10,12-14H2,1-3H3,(H2,21,22,23);1H. The summed E-state index contributed by atoms with van der Waals surface area (Å²) in [6.45, 7) is 12.3. The Morgan fingerprint density at radius 3 is 2.68 bits per heavy atom. The predicted molar refractivity (Wildman–Crippen MR) is 132 cm³/mol. The van der Waals surface area contributed by atoms with Crippen LogP contribution < -0.4 is 10.6 Å². The van der Waals surface area contributed by atoms with Crippen LogP contribution in [0.15, 0.2) is 22.5 Å². The molecule has 5 nitrogen and oxygen atoms in total. The van der Waals surface area contributed by atoms with Gasteiger partial charge in [-0.05, 0) is 64.1 Å². The molecule has 0 bridgehead atoms. The van der Waals surface area contributed by atoms with Gasteiger partial charge in [0.15, 0.2) is 5.96 Å². The number of guanidine groups is 1. The van der Waals surface area contributed by atoms with Crippen molar-refractivity contribution in [3.8, 4) is 0 Å². The van der Waals surface area contributed by atoms with Crippen LogP contribution in [-0.2, 0) is 13.1 Å². The molecule has 3 heterocycles. The number of aromatic nitrogens is 1. The first kappa shape index (κ1) is 23.6.